The van der Waals surface area contributed by atoms with Crippen LogP contribution in [0.15, 0.2) is 24.3 Å². The lowest BCUT2D eigenvalue weighted by Crippen LogP contribution is -2.44. The van der Waals surface area contributed by atoms with Crippen molar-refractivity contribution in [1.29, 1.82) is 0 Å². The van der Waals surface area contributed by atoms with Gasteiger partial charge >= 0.3 is 0 Å². The highest BCUT2D eigenvalue weighted by Gasteiger charge is 2.37. The standard InChI is InChI=1S/C16H19N3/c1-19-10-5-4-8-14(19)15-13(9-10)18-12-7-3-2-6-11(12)16(15)17/h2-3,6-7,10,14H,4-5,8-9H2,1H3,(H2,17,18). The maximum atomic E-state index is 6.47. The minimum absolute atomic E-state index is 0.472. The molecule has 3 nitrogen and oxygen atoms in total. The van der Waals surface area contributed by atoms with Crippen molar-refractivity contribution in [3.63, 3.8) is 0 Å². The molecular weight excluding hydrogens is 234 g/mol. The van der Waals surface area contributed by atoms with Gasteiger partial charge in [0.1, 0.15) is 0 Å². The van der Waals surface area contributed by atoms with Crippen LogP contribution in [0.2, 0.25) is 0 Å². The van der Waals surface area contributed by atoms with Crippen LogP contribution < -0.4 is 5.73 Å². The van der Waals surface area contributed by atoms with Crippen LogP contribution in [0.1, 0.15) is 36.6 Å². The van der Waals surface area contributed by atoms with Crippen molar-refractivity contribution >= 4 is 16.6 Å². The molecular formula is C16H19N3. The summed E-state index contributed by atoms with van der Waals surface area (Å²) in [5.74, 6) is 0. The van der Waals surface area contributed by atoms with E-state index in [-0.39, 0.29) is 0 Å². The first-order chi connectivity index (χ1) is 9.25. The number of nitrogen functional groups attached to an aromatic ring is 1. The summed E-state index contributed by atoms with van der Waals surface area (Å²) >= 11 is 0. The number of piperidine rings is 1. The summed E-state index contributed by atoms with van der Waals surface area (Å²) in [5, 5.41) is 1.11. The van der Waals surface area contributed by atoms with Crippen LogP contribution in [-0.2, 0) is 6.42 Å². The number of hydrogen-bond acceptors (Lipinski definition) is 3. The van der Waals surface area contributed by atoms with E-state index < -0.39 is 0 Å². The number of pyridine rings is 1. The number of rotatable bonds is 0. The Balaban J connectivity index is 2.00. The average Bonchev–Trinajstić information content (AvgIpc) is 2.40. The van der Waals surface area contributed by atoms with E-state index in [2.05, 4.69) is 24.1 Å². The molecule has 1 fully saturated rings. The smallest absolute Gasteiger partial charge is 0.0726 e. The number of hydrogen-bond donors (Lipinski definition) is 1. The van der Waals surface area contributed by atoms with E-state index in [1.165, 1.54) is 30.5 Å². The van der Waals surface area contributed by atoms with E-state index in [1.54, 1.807) is 0 Å². The highest BCUT2D eigenvalue weighted by atomic mass is 15.2. The minimum Gasteiger partial charge on any atom is -0.398 e. The fourth-order valence-corrected chi connectivity index (χ4v) is 3.86. The van der Waals surface area contributed by atoms with Crippen molar-refractivity contribution in [2.75, 3.05) is 12.8 Å². The Morgan fingerprint density at radius 2 is 2.11 bits per heavy atom. The van der Waals surface area contributed by atoms with Crippen molar-refractivity contribution < 1.29 is 0 Å². The van der Waals surface area contributed by atoms with E-state index >= 15 is 0 Å². The van der Waals surface area contributed by atoms with Gasteiger partial charge in [0.15, 0.2) is 0 Å². The molecule has 1 saturated heterocycles. The Morgan fingerprint density at radius 3 is 3.00 bits per heavy atom. The summed E-state index contributed by atoms with van der Waals surface area (Å²) in [6.45, 7) is 0. The molecule has 0 saturated carbocycles. The zero-order valence-electron chi connectivity index (χ0n) is 11.3. The van der Waals surface area contributed by atoms with E-state index in [1.807, 2.05) is 12.1 Å². The molecule has 2 atom stereocenters. The van der Waals surface area contributed by atoms with Crippen LogP contribution in [0.25, 0.3) is 10.9 Å². The van der Waals surface area contributed by atoms with Crippen molar-refractivity contribution in [3.05, 3.63) is 35.5 Å². The van der Waals surface area contributed by atoms with Crippen LogP contribution in [0.5, 0.6) is 0 Å². The first-order valence-electron chi connectivity index (χ1n) is 7.14. The summed E-state index contributed by atoms with van der Waals surface area (Å²) in [4.78, 5) is 7.40. The van der Waals surface area contributed by atoms with E-state index in [4.69, 9.17) is 10.7 Å². The summed E-state index contributed by atoms with van der Waals surface area (Å²) < 4.78 is 0. The number of anilines is 1. The van der Waals surface area contributed by atoms with Gasteiger partial charge in [-0.25, -0.2) is 0 Å². The third kappa shape index (κ3) is 1.51. The summed E-state index contributed by atoms with van der Waals surface area (Å²) in [6, 6.07) is 9.37. The molecule has 2 bridgehead atoms. The molecule has 1 aromatic carbocycles. The fourth-order valence-electron chi connectivity index (χ4n) is 3.86. The first-order valence-corrected chi connectivity index (χ1v) is 7.14. The first kappa shape index (κ1) is 11.2. The lowest BCUT2D eigenvalue weighted by atomic mass is 9.81. The highest BCUT2D eigenvalue weighted by molar-refractivity contribution is 5.92. The molecule has 0 spiro atoms. The topological polar surface area (TPSA) is 42.2 Å². The zero-order valence-corrected chi connectivity index (χ0v) is 11.3. The maximum absolute atomic E-state index is 6.47. The minimum atomic E-state index is 0.472. The number of benzene rings is 1. The van der Waals surface area contributed by atoms with Gasteiger partial charge in [0.05, 0.1) is 5.52 Å². The van der Waals surface area contributed by atoms with E-state index in [0.717, 1.165) is 23.0 Å². The quantitative estimate of drug-likeness (QED) is 0.785. The van der Waals surface area contributed by atoms with Gasteiger partial charge in [0.25, 0.3) is 0 Å². The van der Waals surface area contributed by atoms with Gasteiger partial charge in [0.2, 0.25) is 0 Å². The van der Waals surface area contributed by atoms with E-state index in [0.29, 0.717) is 12.1 Å². The van der Waals surface area contributed by atoms with Gasteiger partial charge in [-0.15, -0.1) is 0 Å². The number of para-hydroxylation sites is 1. The van der Waals surface area contributed by atoms with Gasteiger partial charge in [0, 0.05) is 40.8 Å². The number of likely N-dealkylation sites (N-methyl/N-ethyl adjacent to an activating group) is 1. The summed E-state index contributed by atoms with van der Waals surface area (Å²) in [5.41, 5.74) is 11.0. The molecule has 0 radical (unpaired) electrons. The third-order valence-corrected chi connectivity index (χ3v) is 4.90. The number of aromatic nitrogens is 1. The molecule has 2 unspecified atom stereocenters. The van der Waals surface area contributed by atoms with Gasteiger partial charge in [-0.1, -0.05) is 18.2 Å². The molecule has 3 heterocycles. The van der Waals surface area contributed by atoms with Crippen molar-refractivity contribution in [2.45, 2.75) is 37.8 Å². The van der Waals surface area contributed by atoms with Crippen LogP contribution in [0.3, 0.4) is 0 Å². The number of fused-ring (bicyclic) bond motifs is 5. The second kappa shape index (κ2) is 3.94. The Labute approximate surface area is 113 Å². The highest BCUT2D eigenvalue weighted by Crippen LogP contribution is 2.44. The summed E-state index contributed by atoms with van der Waals surface area (Å²) in [7, 11) is 2.24. The van der Waals surface area contributed by atoms with Crippen LogP contribution >= 0.6 is 0 Å². The fraction of sp³-hybridized carbons (Fsp3) is 0.438. The van der Waals surface area contributed by atoms with Gasteiger partial charge < -0.3 is 5.73 Å². The monoisotopic (exact) mass is 253 g/mol. The normalized spacial score (nSPS) is 26.4. The zero-order chi connectivity index (χ0) is 13.0. The van der Waals surface area contributed by atoms with Crippen LogP contribution in [0.4, 0.5) is 5.69 Å². The second-order valence-electron chi connectivity index (χ2n) is 5.87. The molecule has 3 heteroatoms. The Morgan fingerprint density at radius 1 is 1.26 bits per heavy atom. The Bertz CT molecular complexity index is 650. The molecule has 0 amide bonds. The predicted octanol–water partition coefficient (Wildman–Crippen LogP) is 2.90. The molecule has 1 aromatic heterocycles. The molecule has 2 N–H and O–H groups in total. The van der Waals surface area contributed by atoms with Crippen molar-refractivity contribution in [3.8, 4) is 0 Å². The predicted molar refractivity (Wildman–Crippen MR) is 78.0 cm³/mol. The molecule has 2 aliphatic rings. The van der Waals surface area contributed by atoms with Gasteiger partial charge in [-0.3, -0.25) is 9.88 Å². The molecule has 4 rings (SSSR count). The molecule has 2 aliphatic heterocycles. The molecule has 98 valence electrons. The lowest BCUT2D eigenvalue weighted by Gasteiger charge is -2.45. The summed E-state index contributed by atoms with van der Waals surface area (Å²) in [6.07, 6.45) is 4.87. The number of nitrogens with zero attached hydrogens (tertiary/aromatic N) is 2. The van der Waals surface area contributed by atoms with Crippen LogP contribution in [0, 0.1) is 0 Å². The average molecular weight is 253 g/mol. The maximum Gasteiger partial charge on any atom is 0.0726 e. The van der Waals surface area contributed by atoms with Crippen molar-refractivity contribution in [2.24, 2.45) is 0 Å². The second-order valence-corrected chi connectivity index (χ2v) is 5.87. The Kier molecular flexibility index (Phi) is 2.33. The molecule has 0 aliphatic carbocycles. The van der Waals surface area contributed by atoms with Gasteiger partial charge in [-0.2, -0.15) is 0 Å². The van der Waals surface area contributed by atoms with Crippen LogP contribution in [-0.4, -0.2) is 23.0 Å². The number of nitrogens with two attached hydrogens (primary N) is 1. The van der Waals surface area contributed by atoms with Crippen molar-refractivity contribution in [1.82, 2.24) is 9.88 Å². The largest absolute Gasteiger partial charge is 0.398 e. The Hall–Kier alpha value is -1.61. The lowest BCUT2D eigenvalue weighted by molar-refractivity contribution is 0.0991. The molecule has 2 aromatic rings. The SMILES string of the molecule is CN1C2CCCC1c1c(nc3ccccc3c1N)C2. The van der Waals surface area contributed by atoms with Gasteiger partial charge in [-0.05, 0) is 32.4 Å². The third-order valence-electron chi connectivity index (χ3n) is 4.90. The van der Waals surface area contributed by atoms with E-state index in [9.17, 15) is 0 Å². The molecule has 19 heavy (non-hydrogen) atoms.